The molecule has 24 heavy (non-hydrogen) atoms. The van der Waals surface area contributed by atoms with Crippen molar-refractivity contribution < 1.29 is 4.79 Å². The highest BCUT2D eigenvalue weighted by molar-refractivity contribution is 7.10. The molecule has 1 amide bonds. The monoisotopic (exact) mass is 345 g/mol. The van der Waals surface area contributed by atoms with E-state index in [2.05, 4.69) is 39.2 Å². The Balaban J connectivity index is 1.65. The standard InChI is InChI=1S/C17H23N5OS/c1-21(2)9-13-10-22(16-5-6-18-12-19-16)11-15(13)20-17(23)8-14-4-3-7-24-14/h3-7,12-13,15H,8-11H2,1-2H3,(H,20,23)/t13-,15-/m1/s1. The third kappa shape index (κ3) is 4.30. The van der Waals surface area contributed by atoms with Crippen LogP contribution in [0.5, 0.6) is 0 Å². The second-order valence-corrected chi connectivity index (χ2v) is 7.46. The second-order valence-electron chi connectivity index (χ2n) is 6.43. The van der Waals surface area contributed by atoms with Gasteiger partial charge < -0.3 is 15.1 Å². The molecule has 1 fully saturated rings. The average molecular weight is 345 g/mol. The molecule has 3 heterocycles. The van der Waals surface area contributed by atoms with Crippen molar-refractivity contribution in [3.8, 4) is 0 Å². The van der Waals surface area contributed by atoms with Crippen LogP contribution in [0.1, 0.15) is 4.88 Å². The van der Waals surface area contributed by atoms with E-state index in [0.717, 1.165) is 30.3 Å². The maximum atomic E-state index is 12.4. The lowest BCUT2D eigenvalue weighted by Gasteiger charge is -2.22. The highest BCUT2D eigenvalue weighted by Crippen LogP contribution is 2.23. The summed E-state index contributed by atoms with van der Waals surface area (Å²) in [5.41, 5.74) is 0. The van der Waals surface area contributed by atoms with Crippen molar-refractivity contribution in [1.29, 1.82) is 0 Å². The van der Waals surface area contributed by atoms with Crippen LogP contribution in [-0.2, 0) is 11.2 Å². The third-order valence-corrected chi connectivity index (χ3v) is 5.07. The van der Waals surface area contributed by atoms with Gasteiger partial charge in [-0.05, 0) is 31.6 Å². The Morgan fingerprint density at radius 2 is 2.29 bits per heavy atom. The molecule has 7 heteroatoms. The third-order valence-electron chi connectivity index (χ3n) is 4.19. The number of nitrogens with zero attached hydrogens (tertiary/aromatic N) is 4. The first-order valence-electron chi connectivity index (χ1n) is 8.09. The number of hydrogen-bond acceptors (Lipinski definition) is 6. The molecular formula is C17H23N5OS. The fraction of sp³-hybridized carbons (Fsp3) is 0.471. The zero-order chi connectivity index (χ0) is 16.9. The highest BCUT2D eigenvalue weighted by atomic mass is 32.1. The van der Waals surface area contributed by atoms with Crippen LogP contribution in [0.3, 0.4) is 0 Å². The fourth-order valence-electron chi connectivity index (χ4n) is 3.18. The Hall–Kier alpha value is -1.99. The number of rotatable bonds is 6. The molecule has 2 atom stereocenters. The minimum Gasteiger partial charge on any atom is -0.354 e. The Kier molecular flexibility index (Phi) is 5.42. The smallest absolute Gasteiger partial charge is 0.225 e. The van der Waals surface area contributed by atoms with Gasteiger partial charge in [-0.15, -0.1) is 11.3 Å². The molecule has 1 saturated heterocycles. The molecule has 2 aromatic heterocycles. The molecule has 2 aromatic rings. The molecule has 1 aliphatic heterocycles. The Bertz CT molecular complexity index is 646. The van der Waals surface area contributed by atoms with Crippen molar-refractivity contribution in [2.45, 2.75) is 12.5 Å². The van der Waals surface area contributed by atoms with Crippen LogP contribution in [0.25, 0.3) is 0 Å². The number of aromatic nitrogens is 2. The predicted molar refractivity (Wildman–Crippen MR) is 96.2 cm³/mol. The Labute approximate surface area is 146 Å². The van der Waals surface area contributed by atoms with Crippen LogP contribution < -0.4 is 10.2 Å². The van der Waals surface area contributed by atoms with E-state index in [-0.39, 0.29) is 11.9 Å². The van der Waals surface area contributed by atoms with Gasteiger partial charge in [-0.3, -0.25) is 4.79 Å². The van der Waals surface area contributed by atoms with Crippen molar-refractivity contribution in [3.63, 3.8) is 0 Å². The maximum absolute atomic E-state index is 12.4. The zero-order valence-corrected chi connectivity index (χ0v) is 14.9. The summed E-state index contributed by atoms with van der Waals surface area (Å²) in [6, 6.07) is 6.04. The van der Waals surface area contributed by atoms with E-state index in [1.807, 2.05) is 23.6 Å². The Morgan fingerprint density at radius 1 is 1.42 bits per heavy atom. The number of amides is 1. The lowest BCUT2D eigenvalue weighted by molar-refractivity contribution is -0.121. The van der Waals surface area contributed by atoms with E-state index in [0.29, 0.717) is 12.3 Å². The minimum absolute atomic E-state index is 0.0933. The first-order chi connectivity index (χ1) is 11.6. The summed E-state index contributed by atoms with van der Waals surface area (Å²) in [6.07, 6.45) is 3.78. The number of hydrogen-bond donors (Lipinski definition) is 1. The topological polar surface area (TPSA) is 61.4 Å². The number of thiophene rings is 1. The molecule has 0 saturated carbocycles. The highest BCUT2D eigenvalue weighted by Gasteiger charge is 2.34. The number of carbonyl (C=O) groups is 1. The number of carbonyl (C=O) groups excluding carboxylic acids is 1. The summed E-state index contributed by atoms with van der Waals surface area (Å²) >= 11 is 1.62. The first kappa shape index (κ1) is 16.9. The van der Waals surface area contributed by atoms with Gasteiger partial charge in [0.1, 0.15) is 12.1 Å². The van der Waals surface area contributed by atoms with Gasteiger partial charge in [0.2, 0.25) is 5.91 Å². The van der Waals surface area contributed by atoms with Crippen molar-refractivity contribution in [2.24, 2.45) is 5.92 Å². The van der Waals surface area contributed by atoms with Gasteiger partial charge in [0.15, 0.2) is 0 Å². The number of nitrogens with one attached hydrogen (secondary N) is 1. The zero-order valence-electron chi connectivity index (χ0n) is 14.1. The van der Waals surface area contributed by atoms with Crippen LogP contribution in [0.4, 0.5) is 5.82 Å². The van der Waals surface area contributed by atoms with Crippen LogP contribution in [-0.4, -0.2) is 60.5 Å². The molecule has 1 aliphatic rings. The van der Waals surface area contributed by atoms with Crippen molar-refractivity contribution in [3.05, 3.63) is 41.0 Å². The lowest BCUT2D eigenvalue weighted by atomic mass is 10.0. The maximum Gasteiger partial charge on any atom is 0.225 e. The first-order valence-corrected chi connectivity index (χ1v) is 8.97. The molecule has 0 bridgehead atoms. The van der Waals surface area contributed by atoms with Crippen LogP contribution in [0, 0.1) is 5.92 Å². The van der Waals surface area contributed by atoms with E-state index in [9.17, 15) is 4.79 Å². The van der Waals surface area contributed by atoms with Crippen LogP contribution in [0.15, 0.2) is 36.1 Å². The summed E-state index contributed by atoms with van der Waals surface area (Å²) in [4.78, 5) is 26.2. The van der Waals surface area contributed by atoms with Gasteiger partial charge in [-0.25, -0.2) is 9.97 Å². The normalized spacial score (nSPS) is 20.5. The van der Waals surface area contributed by atoms with Gasteiger partial charge >= 0.3 is 0 Å². The van der Waals surface area contributed by atoms with Crippen molar-refractivity contribution in [1.82, 2.24) is 20.2 Å². The quantitative estimate of drug-likeness (QED) is 0.854. The van der Waals surface area contributed by atoms with Crippen molar-refractivity contribution >= 4 is 23.1 Å². The van der Waals surface area contributed by atoms with Gasteiger partial charge in [-0.2, -0.15) is 0 Å². The molecule has 0 aromatic carbocycles. The predicted octanol–water partition coefficient (Wildman–Crippen LogP) is 1.26. The van der Waals surface area contributed by atoms with E-state index in [4.69, 9.17) is 0 Å². The van der Waals surface area contributed by atoms with E-state index >= 15 is 0 Å². The molecule has 1 N–H and O–H groups in total. The van der Waals surface area contributed by atoms with Crippen LogP contribution in [0.2, 0.25) is 0 Å². The van der Waals surface area contributed by atoms with Crippen molar-refractivity contribution in [2.75, 3.05) is 38.6 Å². The van der Waals surface area contributed by atoms with E-state index in [1.165, 1.54) is 0 Å². The van der Waals surface area contributed by atoms with Gasteiger partial charge in [-0.1, -0.05) is 6.07 Å². The molecule has 3 rings (SSSR count). The molecule has 0 aliphatic carbocycles. The van der Waals surface area contributed by atoms with Gasteiger partial charge in [0.25, 0.3) is 0 Å². The minimum atomic E-state index is 0.0933. The SMILES string of the molecule is CN(C)C[C@@H]1CN(c2ccncn2)C[C@H]1NC(=O)Cc1cccs1. The summed E-state index contributed by atoms with van der Waals surface area (Å²) in [6.45, 7) is 2.61. The molecule has 0 spiro atoms. The second kappa shape index (κ2) is 7.72. The molecular weight excluding hydrogens is 322 g/mol. The average Bonchev–Trinajstić information content (AvgIpc) is 3.18. The fourth-order valence-corrected chi connectivity index (χ4v) is 3.88. The summed E-state index contributed by atoms with van der Waals surface area (Å²) in [7, 11) is 4.13. The number of anilines is 1. The molecule has 0 radical (unpaired) electrons. The van der Waals surface area contributed by atoms with Crippen LogP contribution >= 0.6 is 11.3 Å². The molecule has 128 valence electrons. The Morgan fingerprint density at radius 3 is 2.96 bits per heavy atom. The van der Waals surface area contributed by atoms with E-state index < -0.39 is 0 Å². The lowest BCUT2D eigenvalue weighted by Crippen LogP contribution is -2.43. The summed E-state index contributed by atoms with van der Waals surface area (Å²) in [5, 5.41) is 5.23. The summed E-state index contributed by atoms with van der Waals surface area (Å²) < 4.78 is 0. The molecule has 0 unspecified atom stereocenters. The molecule has 6 nitrogen and oxygen atoms in total. The van der Waals surface area contributed by atoms with Gasteiger partial charge in [0.05, 0.1) is 12.5 Å². The van der Waals surface area contributed by atoms with E-state index in [1.54, 1.807) is 23.9 Å². The summed E-state index contributed by atoms with van der Waals surface area (Å²) in [5.74, 6) is 1.39. The van der Waals surface area contributed by atoms with Gasteiger partial charge in [0, 0.05) is 36.6 Å². The largest absolute Gasteiger partial charge is 0.354 e.